The molecule has 0 amide bonds. The van der Waals surface area contributed by atoms with Gasteiger partial charge in [0.15, 0.2) is 17.3 Å². The number of halogens is 1. The number of carbonyl (C=O) groups is 1. The van der Waals surface area contributed by atoms with E-state index >= 15 is 0 Å². The fourth-order valence-corrected chi connectivity index (χ4v) is 1.12. The van der Waals surface area contributed by atoms with E-state index in [1.165, 1.54) is 12.1 Å². The lowest BCUT2D eigenvalue weighted by atomic mass is 10.1. The van der Waals surface area contributed by atoms with Crippen molar-refractivity contribution in [2.75, 3.05) is 0 Å². The second kappa shape index (κ2) is 4.73. The van der Waals surface area contributed by atoms with Crippen LogP contribution in [0.3, 0.4) is 0 Å². The predicted octanol–water partition coefficient (Wildman–Crippen LogP) is 2.98. The lowest BCUT2D eigenvalue weighted by molar-refractivity contribution is 0.104. The van der Waals surface area contributed by atoms with Gasteiger partial charge >= 0.3 is 0 Å². The molecular weight excluding hydrogens is 195 g/mol. The van der Waals surface area contributed by atoms with E-state index in [2.05, 4.69) is 6.58 Å². The van der Waals surface area contributed by atoms with Crippen LogP contribution in [0.25, 0.3) is 0 Å². The summed E-state index contributed by atoms with van der Waals surface area (Å²) >= 11 is 0. The maximum absolute atomic E-state index is 13.4. The zero-order valence-corrected chi connectivity index (χ0v) is 8.79. The van der Waals surface area contributed by atoms with E-state index in [1.54, 1.807) is 0 Å². The van der Waals surface area contributed by atoms with E-state index < -0.39 is 5.82 Å². The molecule has 0 saturated carbocycles. The quantitative estimate of drug-likeness (QED) is 0.561. The highest BCUT2D eigenvalue weighted by Gasteiger charge is 2.09. The Morgan fingerprint density at radius 2 is 2.20 bits per heavy atom. The molecule has 0 fully saturated rings. The second-order valence-electron chi connectivity index (χ2n) is 3.38. The third kappa shape index (κ3) is 2.91. The average molecular weight is 208 g/mol. The number of ketones is 1. The monoisotopic (exact) mass is 208 g/mol. The van der Waals surface area contributed by atoms with Crippen molar-refractivity contribution < 1.29 is 13.9 Å². The van der Waals surface area contributed by atoms with Gasteiger partial charge in [0.2, 0.25) is 0 Å². The summed E-state index contributed by atoms with van der Waals surface area (Å²) < 4.78 is 18.6. The predicted molar refractivity (Wildman–Crippen MR) is 56.7 cm³/mol. The zero-order valence-electron chi connectivity index (χ0n) is 8.79. The summed E-state index contributed by atoms with van der Waals surface area (Å²) in [4.78, 5) is 11.2. The summed E-state index contributed by atoms with van der Waals surface area (Å²) in [6, 6.07) is 4.12. The van der Waals surface area contributed by atoms with Crippen molar-refractivity contribution in [2.45, 2.75) is 20.0 Å². The number of hydrogen-bond donors (Lipinski definition) is 0. The van der Waals surface area contributed by atoms with Crippen molar-refractivity contribution in [2.24, 2.45) is 0 Å². The zero-order chi connectivity index (χ0) is 11.4. The molecule has 15 heavy (non-hydrogen) atoms. The van der Waals surface area contributed by atoms with Crippen LogP contribution in [0.4, 0.5) is 4.39 Å². The fourth-order valence-electron chi connectivity index (χ4n) is 1.12. The number of rotatable bonds is 4. The molecule has 80 valence electrons. The van der Waals surface area contributed by atoms with Crippen LogP contribution < -0.4 is 4.74 Å². The van der Waals surface area contributed by atoms with Crippen molar-refractivity contribution in [3.05, 3.63) is 42.2 Å². The molecule has 3 heteroatoms. The molecular formula is C12H13FO2. The minimum atomic E-state index is -0.531. The number of carbonyl (C=O) groups excluding carboxylic acids is 1. The van der Waals surface area contributed by atoms with Crippen LogP contribution in [0.2, 0.25) is 0 Å². The molecule has 0 aliphatic carbocycles. The van der Waals surface area contributed by atoms with Crippen LogP contribution >= 0.6 is 0 Å². The molecule has 2 nitrogen and oxygen atoms in total. The van der Waals surface area contributed by atoms with Gasteiger partial charge in [-0.05, 0) is 38.1 Å². The first-order valence-corrected chi connectivity index (χ1v) is 4.67. The Labute approximate surface area is 88.4 Å². The highest BCUT2D eigenvalue weighted by atomic mass is 19.1. The average Bonchev–Trinajstić information content (AvgIpc) is 2.19. The van der Waals surface area contributed by atoms with Gasteiger partial charge in [-0.1, -0.05) is 6.58 Å². The Bertz CT molecular complexity index is 383. The first-order chi connectivity index (χ1) is 7.04. The van der Waals surface area contributed by atoms with Gasteiger partial charge in [0.1, 0.15) is 0 Å². The number of hydrogen-bond acceptors (Lipinski definition) is 2. The summed E-state index contributed by atoms with van der Waals surface area (Å²) in [5, 5.41) is 0. The van der Waals surface area contributed by atoms with Crippen molar-refractivity contribution in [3.8, 4) is 5.75 Å². The molecule has 0 aliphatic heterocycles. The van der Waals surface area contributed by atoms with Crippen LogP contribution in [0, 0.1) is 5.82 Å². The van der Waals surface area contributed by atoms with Gasteiger partial charge in [-0.2, -0.15) is 0 Å². The van der Waals surface area contributed by atoms with E-state index in [0.29, 0.717) is 0 Å². The Balaban J connectivity index is 2.97. The second-order valence-corrected chi connectivity index (χ2v) is 3.38. The molecule has 0 radical (unpaired) electrons. The molecule has 1 aromatic rings. The smallest absolute Gasteiger partial charge is 0.185 e. The van der Waals surface area contributed by atoms with Gasteiger partial charge in [-0.3, -0.25) is 4.79 Å². The molecule has 0 heterocycles. The largest absolute Gasteiger partial charge is 0.488 e. The summed E-state index contributed by atoms with van der Waals surface area (Å²) in [6.45, 7) is 6.95. The third-order valence-electron chi connectivity index (χ3n) is 1.76. The Hall–Kier alpha value is -1.64. The Kier molecular flexibility index (Phi) is 3.61. The van der Waals surface area contributed by atoms with E-state index in [-0.39, 0.29) is 23.2 Å². The molecule has 0 aromatic heterocycles. The summed E-state index contributed by atoms with van der Waals surface area (Å²) in [5.74, 6) is -0.674. The summed E-state index contributed by atoms with van der Waals surface area (Å²) in [7, 11) is 0. The molecule has 0 saturated heterocycles. The highest BCUT2D eigenvalue weighted by Crippen LogP contribution is 2.19. The maximum Gasteiger partial charge on any atom is 0.185 e. The molecule has 0 spiro atoms. The lowest BCUT2D eigenvalue weighted by Crippen LogP contribution is -2.07. The normalized spacial score (nSPS) is 10.1. The third-order valence-corrected chi connectivity index (χ3v) is 1.76. The minimum Gasteiger partial charge on any atom is -0.488 e. The van der Waals surface area contributed by atoms with Crippen LogP contribution in [0.5, 0.6) is 5.75 Å². The first kappa shape index (κ1) is 11.4. The van der Waals surface area contributed by atoms with Crippen molar-refractivity contribution in [1.82, 2.24) is 0 Å². The van der Waals surface area contributed by atoms with Gasteiger partial charge in [-0.25, -0.2) is 4.39 Å². The maximum atomic E-state index is 13.4. The SMILES string of the molecule is C=CC(=O)c1ccc(OC(C)C)c(F)c1. The van der Waals surface area contributed by atoms with Crippen LogP contribution in [-0.2, 0) is 0 Å². The van der Waals surface area contributed by atoms with Crippen molar-refractivity contribution >= 4 is 5.78 Å². The first-order valence-electron chi connectivity index (χ1n) is 4.67. The molecule has 1 aromatic carbocycles. The summed E-state index contributed by atoms with van der Waals surface area (Å²) in [6.07, 6.45) is 1.05. The number of benzene rings is 1. The van der Waals surface area contributed by atoms with Crippen LogP contribution in [-0.4, -0.2) is 11.9 Å². The van der Waals surface area contributed by atoms with Crippen molar-refractivity contribution in [1.29, 1.82) is 0 Å². The topological polar surface area (TPSA) is 26.3 Å². The summed E-state index contributed by atoms with van der Waals surface area (Å²) in [5.41, 5.74) is 0.276. The molecule has 1 rings (SSSR count). The lowest BCUT2D eigenvalue weighted by Gasteiger charge is -2.10. The van der Waals surface area contributed by atoms with E-state index in [1.807, 2.05) is 13.8 Å². The van der Waals surface area contributed by atoms with Crippen LogP contribution in [0.15, 0.2) is 30.9 Å². The van der Waals surface area contributed by atoms with E-state index in [4.69, 9.17) is 4.74 Å². The van der Waals surface area contributed by atoms with Gasteiger partial charge in [-0.15, -0.1) is 0 Å². The number of ether oxygens (including phenoxy) is 1. The highest BCUT2D eigenvalue weighted by molar-refractivity contribution is 6.04. The molecule has 0 N–H and O–H groups in total. The molecule has 0 atom stereocenters. The standard InChI is InChI=1S/C12H13FO2/c1-4-11(14)9-5-6-12(10(13)7-9)15-8(2)3/h4-8H,1H2,2-3H3. The van der Waals surface area contributed by atoms with Crippen molar-refractivity contribution in [3.63, 3.8) is 0 Å². The Morgan fingerprint density at radius 1 is 1.53 bits per heavy atom. The van der Waals surface area contributed by atoms with Gasteiger partial charge < -0.3 is 4.74 Å². The van der Waals surface area contributed by atoms with Gasteiger partial charge in [0.05, 0.1) is 6.10 Å². The van der Waals surface area contributed by atoms with Crippen LogP contribution in [0.1, 0.15) is 24.2 Å². The Morgan fingerprint density at radius 3 is 2.67 bits per heavy atom. The molecule has 0 unspecified atom stereocenters. The number of allylic oxidation sites excluding steroid dienone is 1. The van der Waals surface area contributed by atoms with Gasteiger partial charge in [0, 0.05) is 5.56 Å². The molecule has 0 aliphatic rings. The molecule has 0 bridgehead atoms. The van der Waals surface area contributed by atoms with E-state index in [9.17, 15) is 9.18 Å². The van der Waals surface area contributed by atoms with Gasteiger partial charge in [0.25, 0.3) is 0 Å². The van der Waals surface area contributed by atoms with E-state index in [0.717, 1.165) is 12.1 Å². The minimum absolute atomic E-state index is 0.0968. The fraction of sp³-hybridized carbons (Fsp3) is 0.250.